The third-order valence-electron chi connectivity index (χ3n) is 6.10. The highest BCUT2D eigenvalue weighted by atomic mass is 35.5. The van der Waals surface area contributed by atoms with E-state index in [0.717, 1.165) is 42.0 Å². The Morgan fingerprint density at radius 2 is 1.61 bits per heavy atom. The third-order valence-corrected chi connectivity index (χ3v) is 6.84. The summed E-state index contributed by atoms with van der Waals surface area (Å²) in [6, 6.07) is 20.8. The number of benzene rings is 3. The molecule has 3 aromatic rings. The van der Waals surface area contributed by atoms with E-state index in [2.05, 4.69) is 10.2 Å². The zero-order valence-corrected chi connectivity index (χ0v) is 20.0. The van der Waals surface area contributed by atoms with Crippen molar-refractivity contribution in [3.8, 4) is 11.1 Å². The predicted molar refractivity (Wildman–Crippen MR) is 135 cm³/mol. The summed E-state index contributed by atoms with van der Waals surface area (Å²) in [6.07, 6.45) is 0.951. The van der Waals surface area contributed by atoms with Crippen LogP contribution in [0.2, 0.25) is 10.0 Å². The average Bonchev–Trinajstić information content (AvgIpc) is 3.31. The molecule has 0 spiro atoms. The number of rotatable bonds is 5. The number of hydrogen-bond acceptors (Lipinski definition) is 3. The second-order valence-corrected chi connectivity index (χ2v) is 9.04. The van der Waals surface area contributed by atoms with E-state index in [1.807, 2.05) is 49.5 Å². The summed E-state index contributed by atoms with van der Waals surface area (Å²) in [5.41, 5.74) is 4.27. The van der Waals surface area contributed by atoms with E-state index in [-0.39, 0.29) is 17.9 Å². The molecule has 1 heterocycles. The van der Waals surface area contributed by atoms with Gasteiger partial charge in [0.2, 0.25) is 5.91 Å². The number of carbonyl (C=O) groups is 2. The van der Waals surface area contributed by atoms with Gasteiger partial charge in [0.15, 0.2) is 0 Å². The van der Waals surface area contributed by atoms with Gasteiger partial charge in [-0.15, -0.1) is 0 Å². The van der Waals surface area contributed by atoms with Crippen molar-refractivity contribution in [3.05, 3.63) is 82.3 Å². The summed E-state index contributed by atoms with van der Waals surface area (Å²) in [5, 5.41) is 3.95. The van der Waals surface area contributed by atoms with Crippen LogP contribution in [-0.2, 0) is 4.79 Å². The molecule has 1 fully saturated rings. The van der Waals surface area contributed by atoms with Gasteiger partial charge in [-0.25, -0.2) is 0 Å². The van der Waals surface area contributed by atoms with Crippen molar-refractivity contribution in [2.24, 2.45) is 0 Å². The summed E-state index contributed by atoms with van der Waals surface area (Å²) < 4.78 is 0. The minimum Gasteiger partial charge on any atom is -0.369 e. The highest BCUT2D eigenvalue weighted by Crippen LogP contribution is 2.29. The van der Waals surface area contributed by atoms with Crippen molar-refractivity contribution in [1.29, 1.82) is 0 Å². The van der Waals surface area contributed by atoms with Crippen molar-refractivity contribution in [3.63, 3.8) is 0 Å². The molecule has 1 aliphatic heterocycles. The lowest BCUT2D eigenvalue weighted by molar-refractivity contribution is -0.129. The van der Waals surface area contributed by atoms with Crippen LogP contribution < -0.4 is 10.2 Å². The van der Waals surface area contributed by atoms with E-state index in [0.29, 0.717) is 15.6 Å². The molecular formula is C26H25Cl2N3O2. The van der Waals surface area contributed by atoms with Crippen LogP contribution in [0.5, 0.6) is 0 Å². The summed E-state index contributed by atoms with van der Waals surface area (Å²) in [6.45, 7) is 3.31. The first kappa shape index (κ1) is 23.1. The summed E-state index contributed by atoms with van der Waals surface area (Å²) in [4.78, 5) is 28.4. The van der Waals surface area contributed by atoms with Gasteiger partial charge in [0.1, 0.15) is 0 Å². The molecule has 0 radical (unpaired) electrons. The summed E-state index contributed by atoms with van der Waals surface area (Å²) in [5.74, 6) is -0.0855. The number of carbonyl (C=O) groups excluding carboxylic acids is 2. The Morgan fingerprint density at radius 1 is 0.939 bits per heavy atom. The summed E-state index contributed by atoms with van der Waals surface area (Å²) in [7, 11) is 1.85. The lowest BCUT2D eigenvalue weighted by Crippen LogP contribution is -2.37. The van der Waals surface area contributed by atoms with Crippen LogP contribution in [0.4, 0.5) is 11.4 Å². The Bertz CT molecular complexity index is 1160. The standard InChI is InChI=1S/C26H25Cl2N3O2/c1-17(32)30(2)23-13-14-31(16-23)22-10-8-21(9-11-22)29-26(33)19-5-3-18(4-6-19)20-7-12-24(27)25(28)15-20/h3-12,15,23H,13-14,16H2,1-2H3,(H,29,33). The molecule has 1 N–H and O–H groups in total. The SMILES string of the molecule is CC(=O)N(C)C1CCN(c2ccc(NC(=O)c3ccc(-c4ccc(Cl)c(Cl)c4)cc3)cc2)C1. The molecule has 7 heteroatoms. The van der Waals surface area contributed by atoms with E-state index in [9.17, 15) is 9.59 Å². The molecule has 33 heavy (non-hydrogen) atoms. The maximum atomic E-state index is 12.7. The van der Waals surface area contributed by atoms with E-state index in [4.69, 9.17) is 23.2 Å². The molecular weight excluding hydrogens is 457 g/mol. The maximum absolute atomic E-state index is 12.7. The van der Waals surface area contributed by atoms with Gasteiger partial charge in [-0.3, -0.25) is 9.59 Å². The molecule has 1 saturated heterocycles. The van der Waals surface area contributed by atoms with Gasteiger partial charge in [-0.1, -0.05) is 41.4 Å². The monoisotopic (exact) mass is 481 g/mol. The molecule has 0 aliphatic carbocycles. The Balaban J connectivity index is 1.38. The first-order valence-corrected chi connectivity index (χ1v) is 11.5. The van der Waals surface area contributed by atoms with Gasteiger partial charge >= 0.3 is 0 Å². The van der Waals surface area contributed by atoms with Crippen molar-refractivity contribution in [1.82, 2.24) is 4.90 Å². The van der Waals surface area contributed by atoms with Crippen LogP contribution in [0.25, 0.3) is 11.1 Å². The second-order valence-electron chi connectivity index (χ2n) is 8.23. The topological polar surface area (TPSA) is 52.7 Å². The van der Waals surface area contributed by atoms with E-state index < -0.39 is 0 Å². The Kier molecular flexibility index (Phi) is 6.91. The minimum absolute atomic E-state index is 0.0879. The van der Waals surface area contributed by atoms with Crippen molar-refractivity contribution < 1.29 is 9.59 Å². The number of halogens is 2. The van der Waals surface area contributed by atoms with Gasteiger partial charge in [-0.05, 0) is 66.1 Å². The molecule has 0 aromatic heterocycles. The second kappa shape index (κ2) is 9.86. The van der Waals surface area contributed by atoms with Gasteiger partial charge in [0, 0.05) is 44.0 Å². The molecule has 5 nitrogen and oxygen atoms in total. The van der Waals surface area contributed by atoms with Crippen LogP contribution in [0.3, 0.4) is 0 Å². The molecule has 1 atom stereocenters. The van der Waals surface area contributed by atoms with Crippen LogP contribution >= 0.6 is 23.2 Å². The molecule has 1 aliphatic rings. The zero-order chi connectivity index (χ0) is 23.5. The fourth-order valence-corrected chi connectivity index (χ4v) is 4.30. The fraction of sp³-hybridized carbons (Fsp3) is 0.231. The number of hydrogen-bond donors (Lipinski definition) is 1. The van der Waals surface area contributed by atoms with Crippen LogP contribution in [0, 0.1) is 0 Å². The first-order chi connectivity index (χ1) is 15.8. The number of nitrogens with one attached hydrogen (secondary N) is 1. The third kappa shape index (κ3) is 5.32. The van der Waals surface area contributed by atoms with Crippen molar-refractivity contribution in [2.75, 3.05) is 30.4 Å². The van der Waals surface area contributed by atoms with E-state index in [1.165, 1.54) is 0 Å². The van der Waals surface area contributed by atoms with Gasteiger partial charge in [-0.2, -0.15) is 0 Å². The van der Waals surface area contributed by atoms with Gasteiger partial charge < -0.3 is 15.1 Å². The van der Waals surface area contributed by atoms with Crippen LogP contribution in [-0.4, -0.2) is 42.9 Å². The molecule has 4 rings (SSSR count). The highest BCUT2D eigenvalue weighted by Gasteiger charge is 2.27. The van der Waals surface area contributed by atoms with E-state index >= 15 is 0 Å². The number of anilines is 2. The number of nitrogens with zero attached hydrogens (tertiary/aromatic N) is 2. The minimum atomic E-state index is -0.173. The van der Waals surface area contributed by atoms with Gasteiger partial charge in [0.05, 0.1) is 16.1 Å². The lowest BCUT2D eigenvalue weighted by atomic mass is 10.0. The first-order valence-electron chi connectivity index (χ1n) is 10.8. The van der Waals surface area contributed by atoms with Crippen LogP contribution in [0.1, 0.15) is 23.7 Å². The molecule has 0 saturated carbocycles. The highest BCUT2D eigenvalue weighted by molar-refractivity contribution is 6.42. The molecule has 2 amide bonds. The Hall–Kier alpha value is -3.02. The predicted octanol–water partition coefficient (Wildman–Crippen LogP) is 5.97. The molecule has 170 valence electrons. The largest absolute Gasteiger partial charge is 0.369 e. The summed E-state index contributed by atoms with van der Waals surface area (Å²) >= 11 is 12.1. The van der Waals surface area contributed by atoms with E-state index in [1.54, 1.807) is 36.1 Å². The maximum Gasteiger partial charge on any atom is 0.255 e. The molecule has 1 unspecified atom stereocenters. The number of likely N-dealkylation sites (N-methyl/N-ethyl adjacent to an activating group) is 1. The molecule has 3 aromatic carbocycles. The van der Waals surface area contributed by atoms with Crippen molar-refractivity contribution >= 4 is 46.4 Å². The average molecular weight is 482 g/mol. The Morgan fingerprint density at radius 3 is 2.24 bits per heavy atom. The van der Waals surface area contributed by atoms with Crippen molar-refractivity contribution in [2.45, 2.75) is 19.4 Å². The normalized spacial score (nSPS) is 15.4. The zero-order valence-electron chi connectivity index (χ0n) is 18.5. The quantitative estimate of drug-likeness (QED) is 0.488. The Labute approximate surface area is 203 Å². The lowest BCUT2D eigenvalue weighted by Gasteiger charge is -2.24. The fourth-order valence-electron chi connectivity index (χ4n) is 4.00. The smallest absolute Gasteiger partial charge is 0.255 e. The molecule has 0 bridgehead atoms. The number of amides is 2. The van der Waals surface area contributed by atoms with Crippen LogP contribution in [0.15, 0.2) is 66.7 Å². The van der Waals surface area contributed by atoms with Gasteiger partial charge in [0.25, 0.3) is 5.91 Å².